The zero-order valence-electron chi connectivity index (χ0n) is 11.3. The second-order valence-electron chi connectivity index (χ2n) is 5.96. The second kappa shape index (κ2) is 5.39. The van der Waals surface area contributed by atoms with Crippen molar-refractivity contribution in [3.63, 3.8) is 0 Å². The lowest BCUT2D eigenvalue weighted by atomic mass is 9.96. The Balaban J connectivity index is 1.98. The van der Waals surface area contributed by atoms with Gasteiger partial charge in [-0.2, -0.15) is 0 Å². The Bertz CT molecular complexity index is 304. The van der Waals surface area contributed by atoms with E-state index in [1.807, 2.05) is 0 Å². The van der Waals surface area contributed by atoms with Crippen molar-refractivity contribution >= 4 is 0 Å². The molecule has 0 bridgehead atoms. The van der Waals surface area contributed by atoms with Crippen LogP contribution in [-0.2, 0) is 4.74 Å². The molecular formula is C14H24N2O. The van der Waals surface area contributed by atoms with Crippen molar-refractivity contribution < 1.29 is 4.74 Å². The lowest BCUT2D eigenvalue weighted by Crippen LogP contribution is -2.48. The fraction of sp³-hybridized carbons (Fsp3) is 0.857. The predicted molar refractivity (Wildman–Crippen MR) is 69.8 cm³/mol. The van der Waals surface area contributed by atoms with Gasteiger partial charge in [0, 0.05) is 24.5 Å². The van der Waals surface area contributed by atoms with E-state index in [-0.39, 0.29) is 5.41 Å². The maximum Gasteiger partial charge on any atom is 0.0847 e. The Kier molecular flexibility index (Phi) is 4.09. The molecule has 0 unspecified atom stereocenters. The van der Waals surface area contributed by atoms with Crippen LogP contribution < -0.4 is 5.32 Å². The van der Waals surface area contributed by atoms with Crippen molar-refractivity contribution in [2.75, 3.05) is 32.8 Å². The van der Waals surface area contributed by atoms with Crippen LogP contribution in [0.15, 0.2) is 0 Å². The first kappa shape index (κ1) is 12.9. The molecule has 3 heteroatoms. The van der Waals surface area contributed by atoms with Gasteiger partial charge in [-0.05, 0) is 33.7 Å². The van der Waals surface area contributed by atoms with E-state index in [2.05, 4.69) is 42.8 Å². The van der Waals surface area contributed by atoms with Crippen molar-refractivity contribution in [2.24, 2.45) is 5.41 Å². The normalized spacial score (nSPS) is 31.0. The van der Waals surface area contributed by atoms with Gasteiger partial charge >= 0.3 is 0 Å². The molecule has 0 aromatic rings. The minimum atomic E-state index is 0.0971. The molecular weight excluding hydrogens is 212 g/mol. The molecule has 0 aliphatic carbocycles. The Hall–Kier alpha value is -0.560. The lowest BCUT2D eigenvalue weighted by Gasteiger charge is -2.33. The molecule has 0 spiro atoms. The van der Waals surface area contributed by atoms with Gasteiger partial charge in [-0.3, -0.25) is 4.90 Å². The van der Waals surface area contributed by atoms with Gasteiger partial charge in [0.1, 0.15) is 0 Å². The molecule has 0 amide bonds. The molecule has 1 N–H and O–H groups in total. The molecule has 0 radical (unpaired) electrons. The summed E-state index contributed by atoms with van der Waals surface area (Å²) < 4.78 is 5.41. The molecule has 2 heterocycles. The summed E-state index contributed by atoms with van der Waals surface area (Å²) in [5, 5.41) is 3.52. The standard InChI is InChI=1S/C14H24N2O/c1-14(2,3)6-4-12-13(5-7-15-12)16-8-10-17-11-9-16/h12-13,15H,5,7-11H2,1-3H3/t12-,13+/m1/s1. The summed E-state index contributed by atoms with van der Waals surface area (Å²) in [6.07, 6.45) is 1.21. The van der Waals surface area contributed by atoms with Gasteiger partial charge in [0.05, 0.1) is 19.3 Å². The fourth-order valence-corrected chi connectivity index (χ4v) is 2.43. The Morgan fingerprint density at radius 1 is 1.24 bits per heavy atom. The zero-order valence-corrected chi connectivity index (χ0v) is 11.3. The number of nitrogens with zero attached hydrogens (tertiary/aromatic N) is 1. The molecule has 2 atom stereocenters. The van der Waals surface area contributed by atoms with Crippen molar-refractivity contribution in [2.45, 2.75) is 39.3 Å². The van der Waals surface area contributed by atoms with Crippen LogP contribution in [0.4, 0.5) is 0 Å². The smallest absolute Gasteiger partial charge is 0.0847 e. The van der Waals surface area contributed by atoms with Gasteiger partial charge in [0.25, 0.3) is 0 Å². The average molecular weight is 236 g/mol. The van der Waals surface area contributed by atoms with E-state index in [0.29, 0.717) is 12.1 Å². The SMILES string of the molecule is CC(C)(C)C#C[C@H]1NCC[C@@H]1N1CCOCC1. The summed E-state index contributed by atoms with van der Waals surface area (Å²) in [6, 6.07) is 0.918. The van der Waals surface area contributed by atoms with Gasteiger partial charge in [0.15, 0.2) is 0 Å². The summed E-state index contributed by atoms with van der Waals surface area (Å²) in [4.78, 5) is 2.53. The first-order valence-electron chi connectivity index (χ1n) is 6.64. The minimum Gasteiger partial charge on any atom is -0.379 e. The maximum absolute atomic E-state index is 5.41. The molecule has 17 heavy (non-hydrogen) atoms. The van der Waals surface area contributed by atoms with Gasteiger partial charge in [-0.1, -0.05) is 11.8 Å². The Morgan fingerprint density at radius 3 is 2.59 bits per heavy atom. The monoisotopic (exact) mass is 236 g/mol. The third kappa shape index (κ3) is 3.70. The Morgan fingerprint density at radius 2 is 1.94 bits per heavy atom. The van der Waals surface area contributed by atoms with E-state index < -0.39 is 0 Å². The largest absolute Gasteiger partial charge is 0.379 e. The van der Waals surface area contributed by atoms with Crippen molar-refractivity contribution in [3.05, 3.63) is 0 Å². The molecule has 0 saturated carbocycles. The summed E-state index contributed by atoms with van der Waals surface area (Å²) >= 11 is 0. The highest BCUT2D eigenvalue weighted by atomic mass is 16.5. The van der Waals surface area contributed by atoms with Crippen LogP contribution in [0.3, 0.4) is 0 Å². The van der Waals surface area contributed by atoms with E-state index in [0.717, 1.165) is 32.8 Å². The summed E-state index contributed by atoms with van der Waals surface area (Å²) in [5.74, 6) is 6.79. The number of ether oxygens (including phenoxy) is 1. The van der Waals surface area contributed by atoms with Crippen LogP contribution >= 0.6 is 0 Å². The molecule has 2 aliphatic rings. The summed E-state index contributed by atoms with van der Waals surface area (Å²) in [7, 11) is 0. The van der Waals surface area contributed by atoms with Gasteiger partial charge < -0.3 is 10.1 Å². The first-order valence-corrected chi connectivity index (χ1v) is 6.64. The summed E-state index contributed by atoms with van der Waals surface area (Å²) in [6.45, 7) is 11.4. The molecule has 2 rings (SSSR count). The van der Waals surface area contributed by atoms with Gasteiger partial charge in [0.2, 0.25) is 0 Å². The van der Waals surface area contributed by atoms with Crippen LogP contribution in [0.2, 0.25) is 0 Å². The topological polar surface area (TPSA) is 24.5 Å². The van der Waals surface area contributed by atoms with Crippen molar-refractivity contribution in [1.82, 2.24) is 10.2 Å². The molecule has 0 aromatic carbocycles. The zero-order chi connectivity index (χ0) is 12.3. The van der Waals surface area contributed by atoms with Crippen LogP contribution in [0, 0.1) is 17.3 Å². The number of nitrogens with one attached hydrogen (secondary N) is 1. The Labute approximate surface area is 105 Å². The third-order valence-corrected chi connectivity index (χ3v) is 3.31. The summed E-state index contributed by atoms with van der Waals surface area (Å²) in [5.41, 5.74) is 0.0971. The highest BCUT2D eigenvalue weighted by molar-refractivity contribution is 5.18. The second-order valence-corrected chi connectivity index (χ2v) is 5.96. The molecule has 2 aliphatic heterocycles. The number of morpholine rings is 1. The van der Waals surface area contributed by atoms with Crippen molar-refractivity contribution in [1.29, 1.82) is 0 Å². The van der Waals surface area contributed by atoms with E-state index in [1.54, 1.807) is 0 Å². The maximum atomic E-state index is 5.41. The molecule has 0 aromatic heterocycles. The highest BCUT2D eigenvalue weighted by Crippen LogP contribution is 2.17. The van der Waals surface area contributed by atoms with E-state index in [9.17, 15) is 0 Å². The molecule has 2 saturated heterocycles. The molecule has 2 fully saturated rings. The fourth-order valence-electron chi connectivity index (χ4n) is 2.43. The third-order valence-electron chi connectivity index (χ3n) is 3.31. The van der Waals surface area contributed by atoms with E-state index >= 15 is 0 Å². The number of hydrogen-bond acceptors (Lipinski definition) is 3. The molecule has 3 nitrogen and oxygen atoms in total. The lowest BCUT2D eigenvalue weighted by molar-refractivity contribution is 0.0173. The molecule has 96 valence electrons. The van der Waals surface area contributed by atoms with Gasteiger partial charge in [-0.25, -0.2) is 0 Å². The average Bonchev–Trinajstić information content (AvgIpc) is 2.75. The number of hydrogen-bond donors (Lipinski definition) is 1. The van der Waals surface area contributed by atoms with E-state index in [4.69, 9.17) is 4.74 Å². The van der Waals surface area contributed by atoms with Crippen LogP contribution in [-0.4, -0.2) is 49.8 Å². The quantitative estimate of drug-likeness (QED) is 0.690. The van der Waals surface area contributed by atoms with Crippen LogP contribution in [0.1, 0.15) is 27.2 Å². The highest BCUT2D eigenvalue weighted by Gasteiger charge is 2.31. The minimum absolute atomic E-state index is 0.0971. The van der Waals surface area contributed by atoms with Crippen LogP contribution in [0.5, 0.6) is 0 Å². The predicted octanol–water partition coefficient (Wildman–Crippen LogP) is 1.10. The van der Waals surface area contributed by atoms with Crippen molar-refractivity contribution in [3.8, 4) is 11.8 Å². The number of rotatable bonds is 1. The van der Waals surface area contributed by atoms with Gasteiger partial charge in [-0.15, -0.1) is 0 Å². The van der Waals surface area contributed by atoms with E-state index in [1.165, 1.54) is 6.42 Å². The first-order chi connectivity index (χ1) is 8.06. The van der Waals surface area contributed by atoms with Crippen LogP contribution in [0.25, 0.3) is 0 Å².